The largest absolute Gasteiger partial charge is 0.472 e. The molecule has 0 bridgehead atoms. The van der Waals surface area contributed by atoms with Crippen LogP contribution in [-0.4, -0.2) is 66.5 Å². The molecule has 0 spiro atoms. The average Bonchev–Trinajstić information content (AvgIpc) is 3.41. The van der Waals surface area contributed by atoms with Crippen LogP contribution in [0.2, 0.25) is 0 Å². The van der Waals surface area contributed by atoms with E-state index in [0.29, 0.717) is 19.3 Å². The second-order valence-corrected chi connectivity index (χ2v) is 20.8. The van der Waals surface area contributed by atoms with Gasteiger partial charge in [-0.1, -0.05) is 207 Å². The number of unbranched alkanes of at least 4 members (excludes halogenated alkanes) is 19. The van der Waals surface area contributed by atoms with Crippen molar-refractivity contribution in [2.24, 2.45) is 0 Å². The van der Waals surface area contributed by atoms with Crippen molar-refractivity contribution in [2.45, 2.75) is 251 Å². The zero-order chi connectivity index (χ0) is 55.5. The fourth-order valence-corrected chi connectivity index (χ4v) is 8.47. The summed E-state index contributed by atoms with van der Waals surface area (Å²) in [5.74, 6) is -1.53. The Morgan fingerprint density at radius 2 is 0.684 bits per heavy atom. The van der Waals surface area contributed by atoms with Gasteiger partial charge >= 0.3 is 25.7 Å². The summed E-state index contributed by atoms with van der Waals surface area (Å²) in [4.78, 5) is 48.6. The third kappa shape index (κ3) is 54.9. The van der Waals surface area contributed by atoms with Gasteiger partial charge in [-0.05, 0) is 122 Å². The van der Waals surface area contributed by atoms with Crippen molar-refractivity contribution in [1.29, 1.82) is 0 Å². The number of esters is 3. The van der Waals surface area contributed by atoms with Gasteiger partial charge in [0.25, 0.3) is 0 Å². The van der Waals surface area contributed by atoms with Gasteiger partial charge in [-0.15, -0.1) is 0 Å². The van der Waals surface area contributed by atoms with Crippen molar-refractivity contribution >= 4 is 25.7 Å². The third-order valence-corrected chi connectivity index (χ3v) is 13.1. The van der Waals surface area contributed by atoms with Crippen LogP contribution < -0.4 is 0 Å². The molecule has 0 aliphatic rings. The van der Waals surface area contributed by atoms with Crippen LogP contribution in [0.3, 0.4) is 0 Å². The molecule has 76 heavy (non-hydrogen) atoms. The number of hydrogen-bond acceptors (Lipinski definition) is 10. The maximum atomic E-state index is 12.9. The molecule has 0 aromatic carbocycles. The Morgan fingerprint density at radius 1 is 0.382 bits per heavy atom. The molecule has 0 saturated carbocycles. The highest BCUT2D eigenvalue weighted by atomic mass is 31.2. The molecule has 11 nitrogen and oxygen atoms in total. The number of aliphatic hydroxyl groups is 1. The first kappa shape index (κ1) is 72.1. The molecular formula is C64H107O11P. The minimum Gasteiger partial charge on any atom is -0.462 e. The third-order valence-electron chi connectivity index (χ3n) is 12.2. The lowest BCUT2D eigenvalue weighted by Gasteiger charge is -2.21. The molecule has 0 amide bonds. The van der Waals surface area contributed by atoms with E-state index in [2.05, 4.69) is 130 Å². The lowest BCUT2D eigenvalue weighted by Crippen LogP contribution is -2.30. The van der Waals surface area contributed by atoms with Gasteiger partial charge in [-0.25, -0.2) is 4.57 Å². The van der Waals surface area contributed by atoms with Crippen LogP contribution in [0.15, 0.2) is 109 Å². The highest BCUT2D eigenvalue weighted by Gasteiger charge is 2.28. The van der Waals surface area contributed by atoms with Crippen LogP contribution in [0.1, 0.15) is 239 Å². The normalized spacial score (nSPS) is 14.1. The highest BCUT2D eigenvalue weighted by Crippen LogP contribution is 2.43. The molecule has 0 fully saturated rings. The minimum absolute atomic E-state index is 0.136. The summed E-state index contributed by atoms with van der Waals surface area (Å²) in [6, 6.07) is 0. The number of allylic oxidation sites excluding steroid dienone is 18. The van der Waals surface area contributed by atoms with Gasteiger partial charge in [0.2, 0.25) is 0 Å². The molecule has 434 valence electrons. The molecule has 0 aromatic rings. The van der Waals surface area contributed by atoms with E-state index < -0.39 is 57.8 Å². The molecule has 0 aliphatic carbocycles. The number of ether oxygens (including phenoxy) is 3. The number of carbonyl (C=O) groups is 3. The van der Waals surface area contributed by atoms with Crippen LogP contribution in [-0.2, 0) is 42.2 Å². The highest BCUT2D eigenvalue weighted by molar-refractivity contribution is 7.47. The number of carbonyl (C=O) groups excluding carboxylic acids is 3. The fourth-order valence-electron chi connectivity index (χ4n) is 7.69. The Hall–Kier alpha value is -3.86. The number of phosphoric ester groups is 1. The molecule has 12 heteroatoms. The molecule has 3 atom stereocenters. The van der Waals surface area contributed by atoms with Gasteiger partial charge in [0, 0.05) is 19.3 Å². The Kier molecular flexibility index (Phi) is 54.4. The van der Waals surface area contributed by atoms with Gasteiger partial charge in [0.15, 0.2) is 6.10 Å². The smallest absolute Gasteiger partial charge is 0.462 e. The summed E-state index contributed by atoms with van der Waals surface area (Å²) in [6.45, 7) is 4.33. The summed E-state index contributed by atoms with van der Waals surface area (Å²) in [5.41, 5.74) is 0. The second-order valence-electron chi connectivity index (χ2n) is 19.4. The maximum absolute atomic E-state index is 12.9. The fraction of sp³-hybridized carbons (Fsp3) is 0.672. The van der Waals surface area contributed by atoms with Crippen molar-refractivity contribution in [3.63, 3.8) is 0 Å². The van der Waals surface area contributed by atoms with E-state index in [0.717, 1.165) is 141 Å². The van der Waals surface area contributed by atoms with Crippen LogP contribution in [0, 0.1) is 0 Å². The topological polar surface area (TPSA) is 155 Å². The zero-order valence-corrected chi connectivity index (χ0v) is 48.8. The quantitative estimate of drug-likeness (QED) is 0.0197. The number of phosphoric acid groups is 1. The van der Waals surface area contributed by atoms with E-state index in [1.165, 1.54) is 38.5 Å². The van der Waals surface area contributed by atoms with Crippen molar-refractivity contribution in [2.75, 3.05) is 26.4 Å². The van der Waals surface area contributed by atoms with Crippen molar-refractivity contribution in [1.82, 2.24) is 0 Å². The van der Waals surface area contributed by atoms with E-state index in [-0.39, 0.29) is 25.9 Å². The van der Waals surface area contributed by atoms with Crippen molar-refractivity contribution in [3.8, 4) is 0 Å². The van der Waals surface area contributed by atoms with E-state index in [1.54, 1.807) is 0 Å². The Morgan fingerprint density at radius 3 is 1.07 bits per heavy atom. The first-order chi connectivity index (χ1) is 37.2. The molecule has 0 aliphatic heterocycles. The monoisotopic (exact) mass is 1080 g/mol. The minimum atomic E-state index is -4.77. The lowest BCUT2D eigenvalue weighted by atomic mass is 10.1. The second kappa shape index (κ2) is 57.3. The Labute approximate surface area is 463 Å². The van der Waals surface area contributed by atoms with Gasteiger partial charge < -0.3 is 24.2 Å². The molecule has 0 heterocycles. The number of rotatable bonds is 54. The van der Waals surface area contributed by atoms with Gasteiger partial charge in [-0.3, -0.25) is 23.4 Å². The maximum Gasteiger partial charge on any atom is 0.472 e. The average molecular weight is 1080 g/mol. The summed E-state index contributed by atoms with van der Waals surface area (Å²) in [6.07, 6.45) is 69.0. The Bertz CT molecular complexity index is 1690. The number of hydrogen-bond donors (Lipinski definition) is 2. The predicted molar refractivity (Wildman–Crippen MR) is 316 cm³/mol. The van der Waals surface area contributed by atoms with Crippen LogP contribution >= 0.6 is 7.82 Å². The lowest BCUT2D eigenvalue weighted by molar-refractivity contribution is -0.161. The zero-order valence-electron chi connectivity index (χ0n) is 47.9. The number of aliphatic hydroxyl groups excluding tert-OH is 1. The first-order valence-electron chi connectivity index (χ1n) is 29.8. The molecule has 2 N–H and O–H groups in total. The van der Waals surface area contributed by atoms with Crippen LogP contribution in [0.25, 0.3) is 0 Å². The molecule has 0 rings (SSSR count). The molecule has 0 saturated heterocycles. The molecular weight excluding hydrogens is 976 g/mol. The molecule has 0 radical (unpaired) electrons. The predicted octanol–water partition coefficient (Wildman–Crippen LogP) is 17.8. The van der Waals surface area contributed by atoms with Gasteiger partial charge in [-0.2, -0.15) is 0 Å². The van der Waals surface area contributed by atoms with Gasteiger partial charge in [0.05, 0.1) is 19.8 Å². The van der Waals surface area contributed by atoms with E-state index in [1.807, 2.05) is 0 Å². The molecule has 3 unspecified atom stereocenters. The van der Waals surface area contributed by atoms with E-state index in [4.69, 9.17) is 23.3 Å². The van der Waals surface area contributed by atoms with Crippen molar-refractivity contribution in [3.05, 3.63) is 109 Å². The Balaban J connectivity index is 4.80. The summed E-state index contributed by atoms with van der Waals surface area (Å²) in [5, 5.41) is 9.81. The van der Waals surface area contributed by atoms with E-state index >= 15 is 0 Å². The first-order valence-corrected chi connectivity index (χ1v) is 31.3. The van der Waals surface area contributed by atoms with E-state index in [9.17, 15) is 28.9 Å². The van der Waals surface area contributed by atoms with Crippen LogP contribution in [0.5, 0.6) is 0 Å². The standard InChI is InChI=1S/C64H107O11P/c1-4-7-10-13-16-19-22-25-27-29-30-32-34-37-40-43-46-49-52-55-64(68)75-61(57-71-62(66)53-50-47-44-41-38-36-33-31-28-26-23-20-17-14-11-8-5-2)59-73-76(69,70)72-58-60(56-65)74-63(67)54-51-48-45-42-39-35-24-21-18-15-12-9-6-3/h7,9-10,12,16-21,25-28,30,32,35,39,60-61,65H,4-6,8,11,13-15,22-24,29,31,33-34,36-38,40-59H2,1-3H3,(H,69,70)/b10-7-,12-9-,19-16-,20-17-,21-18-,27-25-,28-26-,32-30-,39-35-. The SMILES string of the molecule is CC/C=C\C/C=C\C/C=C\C/C=C\CCCCCCCCC(=O)OC(COC(=O)CCCCCCCCC/C=C\C/C=C\CCCCC)COP(=O)(O)OCC(CO)OC(=O)CCCCC/C=C\C/C=C\C/C=C\CC. The van der Waals surface area contributed by atoms with Crippen LogP contribution in [0.4, 0.5) is 0 Å². The van der Waals surface area contributed by atoms with Crippen molar-refractivity contribution < 1.29 is 52.2 Å². The summed E-state index contributed by atoms with van der Waals surface area (Å²) >= 11 is 0. The summed E-state index contributed by atoms with van der Waals surface area (Å²) < 4.78 is 39.5. The summed E-state index contributed by atoms with van der Waals surface area (Å²) in [7, 11) is -4.77. The molecule has 0 aromatic heterocycles. The van der Waals surface area contributed by atoms with Gasteiger partial charge in [0.1, 0.15) is 12.7 Å².